The van der Waals surface area contributed by atoms with E-state index in [0.29, 0.717) is 42.5 Å². The molecule has 16 heteroatoms. The highest BCUT2D eigenvalue weighted by Crippen LogP contribution is 2.26. The number of amides is 4. The van der Waals surface area contributed by atoms with Crippen LogP contribution in [0.5, 0.6) is 5.75 Å². The third-order valence-corrected chi connectivity index (χ3v) is 8.03. The Hall–Kier alpha value is -4.27. The van der Waals surface area contributed by atoms with Crippen LogP contribution in [0.25, 0.3) is 0 Å². The van der Waals surface area contributed by atoms with Gasteiger partial charge in [-0.2, -0.15) is 0 Å². The van der Waals surface area contributed by atoms with Crippen LogP contribution in [-0.4, -0.2) is 98.0 Å². The van der Waals surface area contributed by atoms with Crippen LogP contribution in [0.2, 0.25) is 10.0 Å². The fourth-order valence-corrected chi connectivity index (χ4v) is 5.34. The number of aliphatic hydroxyl groups is 1. The van der Waals surface area contributed by atoms with E-state index in [2.05, 4.69) is 31.2 Å². The minimum atomic E-state index is -1.37. The van der Waals surface area contributed by atoms with Gasteiger partial charge in [0.25, 0.3) is 11.8 Å². The van der Waals surface area contributed by atoms with Gasteiger partial charge in [0, 0.05) is 57.0 Å². The van der Waals surface area contributed by atoms with Gasteiger partial charge in [-0.25, -0.2) is 4.98 Å². The van der Waals surface area contributed by atoms with Crippen molar-refractivity contribution in [3.8, 4) is 5.75 Å². The number of aryl methyl sites for hydroxylation is 1. The summed E-state index contributed by atoms with van der Waals surface area (Å²) in [6.45, 7) is 6.44. The van der Waals surface area contributed by atoms with Crippen LogP contribution in [0, 0.1) is 5.92 Å². The molecule has 0 spiro atoms. The molecule has 2 aromatic heterocycles. The molecule has 48 heavy (non-hydrogen) atoms. The number of aliphatic hydroxyl groups excluding tert-OH is 1. The van der Waals surface area contributed by atoms with Crippen molar-refractivity contribution in [1.82, 2.24) is 40.8 Å². The molecule has 1 aromatic carbocycles. The van der Waals surface area contributed by atoms with Crippen LogP contribution in [0.1, 0.15) is 60.2 Å². The predicted octanol–water partition coefficient (Wildman–Crippen LogP) is 2.27. The zero-order valence-electron chi connectivity index (χ0n) is 27.0. The number of carbonyl (C=O) groups is 4. The third kappa shape index (κ3) is 10.4. The summed E-state index contributed by atoms with van der Waals surface area (Å²) >= 11 is 12.4. The molecular formula is C32H40Cl2N8O6. The maximum atomic E-state index is 13.4. The zero-order valence-corrected chi connectivity index (χ0v) is 28.5. The molecular weight excluding hydrogens is 663 g/mol. The number of aromatic nitrogens is 4. The molecule has 0 saturated heterocycles. The fraction of sp³-hybridized carbons (Fsp3) is 0.469. The molecule has 0 aliphatic carbocycles. The Morgan fingerprint density at radius 2 is 1.85 bits per heavy atom. The van der Waals surface area contributed by atoms with Crippen molar-refractivity contribution in [2.45, 2.75) is 64.8 Å². The summed E-state index contributed by atoms with van der Waals surface area (Å²) in [5, 5.41) is 27.4. The van der Waals surface area contributed by atoms with Crippen LogP contribution in [0.4, 0.5) is 0 Å². The van der Waals surface area contributed by atoms with E-state index >= 15 is 0 Å². The normalized spacial score (nSPS) is 19.5. The molecule has 4 bridgehead atoms. The molecule has 4 N–H and O–H groups in total. The molecule has 3 aromatic rings. The lowest BCUT2D eigenvalue weighted by Gasteiger charge is -2.26. The van der Waals surface area contributed by atoms with Gasteiger partial charge in [0.05, 0.1) is 28.5 Å². The maximum absolute atomic E-state index is 13.4. The molecule has 0 saturated carbocycles. The van der Waals surface area contributed by atoms with Gasteiger partial charge in [-0.1, -0.05) is 42.3 Å². The second kappa shape index (κ2) is 17.2. The van der Waals surface area contributed by atoms with Crippen molar-refractivity contribution in [2.24, 2.45) is 5.92 Å². The zero-order chi connectivity index (χ0) is 34.8. The van der Waals surface area contributed by atoms with Crippen molar-refractivity contribution in [2.75, 3.05) is 26.2 Å². The number of fused-ring (bicyclic) bond motifs is 17. The Bertz CT molecular complexity index is 1580. The Balaban J connectivity index is 1.58. The van der Waals surface area contributed by atoms with Gasteiger partial charge >= 0.3 is 0 Å². The number of rotatable bonds is 4. The Kier molecular flexibility index (Phi) is 13.1. The van der Waals surface area contributed by atoms with Crippen LogP contribution < -0.4 is 20.7 Å². The van der Waals surface area contributed by atoms with Crippen LogP contribution in [0.3, 0.4) is 0 Å². The molecule has 3 atom stereocenters. The first-order valence-electron chi connectivity index (χ1n) is 15.7. The predicted molar refractivity (Wildman–Crippen MR) is 178 cm³/mol. The summed E-state index contributed by atoms with van der Waals surface area (Å²) < 4.78 is 7.49. The molecule has 4 heterocycles. The first kappa shape index (κ1) is 36.6. The van der Waals surface area contributed by atoms with Gasteiger partial charge in [-0.15, -0.1) is 5.10 Å². The number of ether oxygens (including phenoxy) is 1. The Morgan fingerprint density at radius 1 is 1.06 bits per heavy atom. The molecule has 2 aliphatic rings. The number of nitrogens with one attached hydrogen (secondary N) is 3. The van der Waals surface area contributed by atoms with E-state index in [1.807, 2.05) is 13.8 Å². The van der Waals surface area contributed by atoms with E-state index in [9.17, 15) is 24.3 Å². The van der Waals surface area contributed by atoms with E-state index in [4.69, 9.17) is 27.9 Å². The van der Waals surface area contributed by atoms with Crippen LogP contribution in [0.15, 0.2) is 42.7 Å². The quantitative estimate of drug-likeness (QED) is 0.297. The number of carbonyl (C=O) groups excluding carboxylic acids is 4. The summed E-state index contributed by atoms with van der Waals surface area (Å²) in [6.07, 6.45) is 3.15. The largest absolute Gasteiger partial charge is 0.492 e. The van der Waals surface area contributed by atoms with Gasteiger partial charge < -0.3 is 30.7 Å². The second-order valence-electron chi connectivity index (χ2n) is 11.9. The topological polar surface area (TPSA) is 181 Å². The Labute approximate surface area is 288 Å². The lowest BCUT2D eigenvalue weighted by atomic mass is 10.0. The molecule has 0 fully saturated rings. The summed E-state index contributed by atoms with van der Waals surface area (Å²) in [5.41, 5.74) is 1.01. The highest BCUT2D eigenvalue weighted by Gasteiger charge is 2.31. The van der Waals surface area contributed by atoms with Crippen LogP contribution >= 0.6 is 23.2 Å². The molecule has 0 radical (unpaired) electrons. The molecule has 0 unspecified atom stereocenters. The standard InChI is InChI=1S/C32H40Cl2N8O6/c1-19(2)15-26-30(45)35-10-13-41(32(47)25-7-6-22(33)17-36-25)12-9-23-18-42(40-39-23)11-4-14-48-27-8-5-21(16-24(27)34)29(44)38-28(20(3)43)31(46)37-26/h5-8,16-20,26,28,43H,4,9-15H2,1-3H3,(H,35,45)(H,37,46)(H,38,44)/t20-,26-,28+/m1/s1. The van der Waals surface area contributed by atoms with E-state index < -0.39 is 35.9 Å². The summed E-state index contributed by atoms with van der Waals surface area (Å²) in [6, 6.07) is 5.22. The number of halogens is 2. The summed E-state index contributed by atoms with van der Waals surface area (Å²) in [5.74, 6) is -1.85. The molecule has 14 nitrogen and oxygen atoms in total. The molecule has 2 aliphatic heterocycles. The van der Waals surface area contributed by atoms with Gasteiger partial charge in [0.15, 0.2) is 0 Å². The van der Waals surface area contributed by atoms with Crippen molar-refractivity contribution < 1.29 is 29.0 Å². The van der Waals surface area contributed by atoms with Gasteiger partial charge in [-0.05, 0) is 49.6 Å². The Morgan fingerprint density at radius 3 is 2.54 bits per heavy atom. The lowest BCUT2D eigenvalue weighted by molar-refractivity contribution is -0.131. The van der Waals surface area contributed by atoms with Crippen molar-refractivity contribution in [3.05, 3.63) is 69.7 Å². The number of hydrogen-bond acceptors (Lipinski definition) is 9. The monoisotopic (exact) mass is 702 g/mol. The molecule has 5 rings (SSSR count). The highest BCUT2D eigenvalue weighted by molar-refractivity contribution is 6.32. The minimum Gasteiger partial charge on any atom is -0.492 e. The summed E-state index contributed by atoms with van der Waals surface area (Å²) in [4.78, 5) is 58.9. The van der Waals surface area contributed by atoms with E-state index in [1.165, 1.54) is 31.3 Å². The first-order valence-corrected chi connectivity index (χ1v) is 16.5. The first-order chi connectivity index (χ1) is 22.9. The highest BCUT2D eigenvalue weighted by atomic mass is 35.5. The van der Waals surface area contributed by atoms with Gasteiger partial charge in [-0.3, -0.25) is 23.9 Å². The maximum Gasteiger partial charge on any atom is 0.272 e. The lowest BCUT2D eigenvalue weighted by Crippen LogP contribution is -2.57. The van der Waals surface area contributed by atoms with E-state index in [1.54, 1.807) is 27.9 Å². The average Bonchev–Trinajstić information content (AvgIpc) is 3.50. The third-order valence-electron chi connectivity index (χ3n) is 7.51. The fourth-order valence-electron chi connectivity index (χ4n) is 4.99. The van der Waals surface area contributed by atoms with Gasteiger partial charge in [0.2, 0.25) is 11.8 Å². The number of benzene rings is 1. The van der Waals surface area contributed by atoms with Gasteiger partial charge in [0.1, 0.15) is 23.5 Å². The number of pyridine rings is 1. The second-order valence-corrected chi connectivity index (χ2v) is 12.7. The van der Waals surface area contributed by atoms with Crippen LogP contribution in [-0.2, 0) is 22.6 Å². The van der Waals surface area contributed by atoms with E-state index in [0.717, 1.165) is 0 Å². The SMILES string of the molecule is CC(C)C[C@H]1NC(=O)[C@H]([C@@H](C)O)NC(=O)c2ccc(c(Cl)c2)OCCCn2cc(nn2)CCN(C(=O)c2ccc(Cl)cn2)CCNC1=O. The van der Waals surface area contributed by atoms with Crippen molar-refractivity contribution in [1.29, 1.82) is 0 Å². The summed E-state index contributed by atoms with van der Waals surface area (Å²) in [7, 11) is 0. The van der Waals surface area contributed by atoms with Crippen molar-refractivity contribution in [3.63, 3.8) is 0 Å². The minimum absolute atomic E-state index is 0.0119. The van der Waals surface area contributed by atoms with Crippen molar-refractivity contribution >= 4 is 46.8 Å². The molecule has 258 valence electrons. The molecule has 4 amide bonds. The number of hydrogen-bond donors (Lipinski definition) is 4. The average molecular weight is 704 g/mol. The van der Waals surface area contributed by atoms with E-state index in [-0.39, 0.29) is 54.2 Å². The smallest absolute Gasteiger partial charge is 0.272 e. The number of nitrogens with zero attached hydrogens (tertiary/aromatic N) is 5.